The first-order valence-electron chi connectivity index (χ1n) is 13.0. The van der Waals surface area contributed by atoms with Gasteiger partial charge in [-0.2, -0.15) is 0 Å². The van der Waals surface area contributed by atoms with Gasteiger partial charge in [-0.15, -0.1) is 5.10 Å². The summed E-state index contributed by atoms with van der Waals surface area (Å²) in [5.74, 6) is 0.577. The number of aryl methyl sites for hydroxylation is 1. The van der Waals surface area contributed by atoms with Gasteiger partial charge in [0.1, 0.15) is 6.04 Å². The van der Waals surface area contributed by atoms with Crippen molar-refractivity contribution in [3.05, 3.63) is 122 Å². The van der Waals surface area contributed by atoms with Crippen molar-refractivity contribution in [3.63, 3.8) is 0 Å². The van der Waals surface area contributed by atoms with Crippen LogP contribution in [0, 0.1) is 0 Å². The second-order valence-electron chi connectivity index (χ2n) is 9.50. The lowest BCUT2D eigenvalue weighted by Crippen LogP contribution is -2.35. The van der Waals surface area contributed by atoms with Crippen molar-refractivity contribution in [2.45, 2.75) is 39.0 Å². The lowest BCUT2D eigenvalue weighted by molar-refractivity contribution is 0.169. The first kappa shape index (κ1) is 26.7. The highest BCUT2D eigenvalue weighted by molar-refractivity contribution is 6.30. The highest BCUT2D eigenvalue weighted by atomic mass is 35.5. The van der Waals surface area contributed by atoms with Crippen molar-refractivity contribution in [1.29, 1.82) is 0 Å². The summed E-state index contributed by atoms with van der Waals surface area (Å²) in [4.78, 5) is 19.0. The van der Waals surface area contributed by atoms with Crippen molar-refractivity contribution in [2.24, 2.45) is 0 Å². The molecule has 3 aromatic carbocycles. The number of methoxy groups -OCH3 is 1. The van der Waals surface area contributed by atoms with Gasteiger partial charge in [0, 0.05) is 36.3 Å². The van der Waals surface area contributed by atoms with Gasteiger partial charge >= 0.3 is 0 Å². The zero-order chi connectivity index (χ0) is 27.2. The first-order chi connectivity index (χ1) is 19.1. The minimum Gasteiger partial charge on any atom is -0.383 e. The predicted octanol–water partition coefficient (Wildman–Crippen LogP) is 5.17. The fraction of sp³-hybridized carbons (Fsp3) is 0.267. The van der Waals surface area contributed by atoms with Gasteiger partial charge in [0.25, 0.3) is 5.56 Å². The summed E-state index contributed by atoms with van der Waals surface area (Å²) in [5.41, 5.74) is 4.57. The van der Waals surface area contributed by atoms with Crippen molar-refractivity contribution in [2.75, 3.05) is 13.7 Å². The van der Waals surface area contributed by atoms with E-state index in [-0.39, 0.29) is 5.56 Å². The Morgan fingerprint density at radius 1 is 0.974 bits per heavy atom. The number of aromatic nitrogens is 5. The van der Waals surface area contributed by atoms with E-state index in [1.807, 2.05) is 60.7 Å². The molecular formula is C30H31ClN6O2. The normalized spacial score (nSPS) is 12.3. The van der Waals surface area contributed by atoms with Crippen LogP contribution in [-0.2, 0) is 30.8 Å². The first-order valence-corrected chi connectivity index (χ1v) is 13.4. The van der Waals surface area contributed by atoms with Gasteiger partial charge in [0.2, 0.25) is 0 Å². The Morgan fingerprint density at radius 3 is 2.41 bits per heavy atom. The molecule has 5 rings (SSSR count). The van der Waals surface area contributed by atoms with Crippen LogP contribution in [0.2, 0.25) is 5.02 Å². The van der Waals surface area contributed by atoms with Crippen LogP contribution in [0.25, 0.3) is 10.9 Å². The number of pyridine rings is 1. The summed E-state index contributed by atoms with van der Waals surface area (Å²) in [6, 6.07) is 25.5. The smallest absolute Gasteiger partial charge is 0.253 e. The second kappa shape index (κ2) is 12.3. The van der Waals surface area contributed by atoms with Gasteiger partial charge in [-0.25, -0.2) is 4.68 Å². The molecule has 2 heterocycles. The van der Waals surface area contributed by atoms with E-state index in [1.165, 1.54) is 5.56 Å². The third kappa shape index (κ3) is 6.25. The molecule has 0 amide bonds. The molecule has 0 fully saturated rings. The van der Waals surface area contributed by atoms with E-state index >= 15 is 0 Å². The molecule has 0 bridgehead atoms. The van der Waals surface area contributed by atoms with Crippen LogP contribution in [0.15, 0.2) is 83.7 Å². The van der Waals surface area contributed by atoms with Crippen LogP contribution >= 0.6 is 11.6 Å². The third-order valence-electron chi connectivity index (χ3n) is 6.84. The summed E-state index contributed by atoms with van der Waals surface area (Å²) in [6.07, 6.45) is 0.903. The van der Waals surface area contributed by atoms with Gasteiger partial charge in [0.15, 0.2) is 5.82 Å². The molecular weight excluding hydrogens is 512 g/mol. The molecule has 0 aliphatic rings. The summed E-state index contributed by atoms with van der Waals surface area (Å²) in [7, 11) is 1.64. The molecule has 2 aromatic heterocycles. The van der Waals surface area contributed by atoms with Crippen LogP contribution in [0.4, 0.5) is 0 Å². The number of H-pyrrole nitrogens is 1. The van der Waals surface area contributed by atoms with Crippen LogP contribution < -0.4 is 5.56 Å². The molecule has 1 N–H and O–H groups in total. The van der Waals surface area contributed by atoms with Crippen molar-refractivity contribution in [1.82, 2.24) is 30.1 Å². The topological polar surface area (TPSA) is 88.9 Å². The number of aromatic amines is 1. The molecule has 0 aliphatic heterocycles. The number of fused-ring (bicyclic) bond motifs is 1. The van der Waals surface area contributed by atoms with E-state index < -0.39 is 6.04 Å². The molecule has 39 heavy (non-hydrogen) atoms. The Morgan fingerprint density at radius 2 is 1.69 bits per heavy atom. The number of tetrazole rings is 1. The third-order valence-corrected chi connectivity index (χ3v) is 7.10. The Bertz CT molecular complexity index is 1580. The number of nitrogens with one attached hydrogen (secondary N) is 1. The summed E-state index contributed by atoms with van der Waals surface area (Å²) >= 11 is 6.19. The second-order valence-corrected chi connectivity index (χ2v) is 9.94. The highest BCUT2D eigenvalue weighted by Crippen LogP contribution is 2.30. The standard InChI is InChI=1S/C30H31ClN6O2/c1-3-21-11-14-27-24(17-21)18-26(30(38)32-27)28(29-33-34-35-37(29)15-16-39-2)36(19-22-7-5-4-6-8-22)20-23-9-12-25(31)13-10-23/h4-14,17-18,28H,3,15-16,19-20H2,1-2H3,(H,32,38). The molecule has 5 aromatic rings. The van der Waals surface area contributed by atoms with Gasteiger partial charge in [-0.3, -0.25) is 9.69 Å². The maximum Gasteiger partial charge on any atom is 0.253 e. The Hall–Kier alpha value is -3.85. The van der Waals surface area contributed by atoms with Gasteiger partial charge in [0.05, 0.1) is 13.2 Å². The molecule has 0 radical (unpaired) electrons. The SMILES string of the molecule is CCc1ccc2[nH]c(=O)c(C(c3nnnn3CCOC)N(Cc3ccccc3)Cc3ccc(Cl)cc3)cc2c1. The average molecular weight is 543 g/mol. The summed E-state index contributed by atoms with van der Waals surface area (Å²) in [5, 5.41) is 14.3. The quantitative estimate of drug-likeness (QED) is 0.248. The summed E-state index contributed by atoms with van der Waals surface area (Å²) < 4.78 is 7.04. The fourth-order valence-corrected chi connectivity index (χ4v) is 4.95. The number of benzene rings is 3. The zero-order valence-corrected chi connectivity index (χ0v) is 22.8. The Labute approximate surface area is 232 Å². The Balaban J connectivity index is 1.69. The minimum absolute atomic E-state index is 0.174. The van der Waals surface area contributed by atoms with E-state index in [4.69, 9.17) is 16.3 Å². The molecule has 9 heteroatoms. The monoisotopic (exact) mass is 542 g/mol. The van der Waals surface area contributed by atoms with E-state index in [9.17, 15) is 4.79 Å². The number of rotatable bonds is 11. The van der Waals surface area contributed by atoms with E-state index in [0.717, 1.165) is 28.5 Å². The predicted molar refractivity (Wildman–Crippen MR) is 153 cm³/mol. The molecule has 1 atom stereocenters. The maximum atomic E-state index is 13.7. The van der Waals surface area contributed by atoms with Gasteiger partial charge in [-0.1, -0.05) is 67.1 Å². The number of nitrogens with zero attached hydrogens (tertiary/aromatic N) is 5. The van der Waals surface area contributed by atoms with E-state index in [1.54, 1.807) is 11.8 Å². The zero-order valence-electron chi connectivity index (χ0n) is 22.0. The van der Waals surface area contributed by atoms with Crippen molar-refractivity contribution >= 4 is 22.5 Å². The number of ether oxygens (including phenoxy) is 1. The van der Waals surface area contributed by atoms with Crippen LogP contribution in [0.3, 0.4) is 0 Å². The lowest BCUT2D eigenvalue weighted by Gasteiger charge is -2.31. The average Bonchev–Trinajstić information content (AvgIpc) is 3.41. The molecule has 200 valence electrons. The van der Waals surface area contributed by atoms with Crippen LogP contribution in [0.5, 0.6) is 0 Å². The molecule has 0 spiro atoms. The van der Waals surface area contributed by atoms with Crippen molar-refractivity contribution < 1.29 is 4.74 Å². The number of halogens is 1. The largest absolute Gasteiger partial charge is 0.383 e. The Kier molecular flexibility index (Phi) is 8.46. The molecule has 1 unspecified atom stereocenters. The highest BCUT2D eigenvalue weighted by Gasteiger charge is 2.31. The molecule has 0 saturated heterocycles. The van der Waals surface area contributed by atoms with Crippen LogP contribution in [0.1, 0.15) is 41.0 Å². The summed E-state index contributed by atoms with van der Waals surface area (Å²) in [6.45, 7) is 4.13. The molecule has 0 aliphatic carbocycles. The number of hydrogen-bond donors (Lipinski definition) is 1. The molecule has 8 nitrogen and oxygen atoms in total. The molecule has 0 saturated carbocycles. The van der Waals surface area contributed by atoms with E-state index in [0.29, 0.717) is 42.7 Å². The lowest BCUT2D eigenvalue weighted by atomic mass is 10.0. The van der Waals surface area contributed by atoms with Crippen molar-refractivity contribution in [3.8, 4) is 0 Å². The van der Waals surface area contributed by atoms with Crippen LogP contribution in [-0.4, -0.2) is 43.8 Å². The minimum atomic E-state index is -0.536. The van der Waals surface area contributed by atoms with E-state index in [2.05, 4.69) is 50.5 Å². The fourth-order valence-electron chi connectivity index (χ4n) is 4.82. The maximum absolute atomic E-state index is 13.7. The van der Waals surface area contributed by atoms with Gasteiger partial charge < -0.3 is 9.72 Å². The number of hydrogen-bond acceptors (Lipinski definition) is 6. The van der Waals surface area contributed by atoms with Gasteiger partial charge in [-0.05, 0) is 69.3 Å².